The minimum atomic E-state index is -1.57. The second-order valence-electron chi connectivity index (χ2n) is 8.98. The molecule has 2 aliphatic rings. The molecule has 0 aromatic heterocycles. The maximum absolute atomic E-state index is 10.4. The number of allylic oxidation sites excluding steroid dienone is 2. The summed E-state index contributed by atoms with van der Waals surface area (Å²) in [5.74, 6) is 0. The van der Waals surface area contributed by atoms with E-state index in [2.05, 4.69) is 6.58 Å². The van der Waals surface area contributed by atoms with E-state index in [-0.39, 0.29) is 6.61 Å². The molecule has 0 amide bonds. The fourth-order valence-corrected chi connectivity index (χ4v) is 3.61. The second-order valence-corrected chi connectivity index (χ2v) is 8.98. The van der Waals surface area contributed by atoms with Crippen LogP contribution in [0.2, 0.25) is 0 Å². The molecular weight excluding hydrogens is 424 g/mol. The third kappa shape index (κ3) is 6.57. The Balaban J connectivity index is 2.03. The number of rotatable bonds is 9. The topological polar surface area (TPSA) is 158 Å². The van der Waals surface area contributed by atoms with E-state index in [1.807, 2.05) is 19.9 Å². The van der Waals surface area contributed by atoms with Crippen LogP contribution in [-0.2, 0) is 18.9 Å². The molecule has 2 saturated heterocycles. The molecule has 6 N–H and O–H groups in total. The van der Waals surface area contributed by atoms with Gasteiger partial charge < -0.3 is 49.6 Å². The first-order valence-corrected chi connectivity index (χ1v) is 10.9. The molecule has 0 radical (unpaired) electrons. The van der Waals surface area contributed by atoms with Crippen molar-refractivity contribution in [3.63, 3.8) is 0 Å². The monoisotopic (exact) mass is 462 g/mol. The highest BCUT2D eigenvalue weighted by Crippen LogP contribution is 2.30. The summed E-state index contributed by atoms with van der Waals surface area (Å²) in [6.07, 6.45) is -8.47. The maximum Gasteiger partial charge on any atom is 0.187 e. The van der Waals surface area contributed by atoms with Gasteiger partial charge in [0.15, 0.2) is 12.6 Å². The van der Waals surface area contributed by atoms with Gasteiger partial charge in [-0.2, -0.15) is 0 Å². The molecule has 0 saturated carbocycles. The Kier molecular flexibility index (Phi) is 9.80. The highest BCUT2D eigenvalue weighted by molar-refractivity contribution is 5.00. The number of aliphatic hydroxyl groups is 6. The summed E-state index contributed by atoms with van der Waals surface area (Å²) < 4.78 is 22.5. The Morgan fingerprint density at radius 1 is 0.906 bits per heavy atom. The minimum absolute atomic E-state index is 0.343. The van der Waals surface area contributed by atoms with Crippen molar-refractivity contribution in [1.82, 2.24) is 0 Å². The first-order chi connectivity index (χ1) is 14.9. The Hall–Kier alpha value is -0.920. The summed E-state index contributed by atoms with van der Waals surface area (Å²) in [6, 6.07) is 0. The third-order valence-electron chi connectivity index (χ3n) is 5.91. The highest BCUT2D eigenvalue weighted by Gasteiger charge is 2.48. The summed E-state index contributed by atoms with van der Waals surface area (Å²) in [7, 11) is 0. The Labute approximate surface area is 188 Å². The van der Waals surface area contributed by atoms with Gasteiger partial charge in [-0.15, -0.1) is 6.58 Å². The van der Waals surface area contributed by atoms with Gasteiger partial charge in [-0.25, -0.2) is 0 Å². The van der Waals surface area contributed by atoms with Crippen molar-refractivity contribution < 1.29 is 49.6 Å². The lowest BCUT2D eigenvalue weighted by Crippen LogP contribution is -2.61. The Morgan fingerprint density at radius 3 is 2.09 bits per heavy atom. The summed E-state index contributed by atoms with van der Waals surface area (Å²) >= 11 is 0. The van der Waals surface area contributed by atoms with E-state index in [0.717, 1.165) is 5.57 Å². The van der Waals surface area contributed by atoms with E-state index in [4.69, 9.17) is 18.9 Å². The molecule has 2 heterocycles. The van der Waals surface area contributed by atoms with E-state index in [1.54, 1.807) is 13.0 Å². The highest BCUT2D eigenvalue weighted by atomic mass is 16.7. The molecule has 32 heavy (non-hydrogen) atoms. The summed E-state index contributed by atoms with van der Waals surface area (Å²) in [6.45, 7) is 10.7. The molecule has 11 atom stereocenters. The summed E-state index contributed by atoms with van der Waals surface area (Å²) in [5, 5.41) is 60.8. The van der Waals surface area contributed by atoms with Crippen LogP contribution in [0.4, 0.5) is 0 Å². The van der Waals surface area contributed by atoms with E-state index in [9.17, 15) is 30.6 Å². The van der Waals surface area contributed by atoms with Gasteiger partial charge in [0.05, 0.1) is 18.3 Å². The van der Waals surface area contributed by atoms with E-state index in [0.29, 0.717) is 12.8 Å². The average Bonchev–Trinajstić information content (AvgIpc) is 2.74. The molecule has 186 valence electrons. The Bertz CT molecular complexity index is 638. The standard InChI is InChI=1S/C22H38O10/c1-6-22(5,9-7-8-11(2)3)32-21-19(28)17(26)15(24)13(31-21)10-29-20-18(27)16(25)14(23)12(4)30-20/h6,8,12-21,23-28H,1,7,9-10H2,2-5H3/t12-,13+,14-,15+,16+,17-,18+,19+,20+,21-,22?/m0/s1. The van der Waals surface area contributed by atoms with Gasteiger partial charge in [0.25, 0.3) is 0 Å². The Morgan fingerprint density at radius 2 is 1.50 bits per heavy atom. The van der Waals surface area contributed by atoms with Crippen LogP contribution < -0.4 is 0 Å². The van der Waals surface area contributed by atoms with Crippen LogP contribution in [0.5, 0.6) is 0 Å². The van der Waals surface area contributed by atoms with E-state index < -0.39 is 67.0 Å². The molecule has 2 rings (SSSR count). The number of ether oxygens (including phenoxy) is 4. The molecule has 10 nitrogen and oxygen atoms in total. The molecular formula is C22H38O10. The van der Waals surface area contributed by atoms with Gasteiger partial charge in [0, 0.05) is 0 Å². The zero-order valence-electron chi connectivity index (χ0n) is 19.1. The number of hydrogen-bond acceptors (Lipinski definition) is 10. The lowest BCUT2D eigenvalue weighted by Gasteiger charge is -2.44. The smallest absolute Gasteiger partial charge is 0.187 e. The molecule has 10 heteroatoms. The van der Waals surface area contributed by atoms with Crippen molar-refractivity contribution in [2.75, 3.05) is 6.61 Å². The first kappa shape index (κ1) is 27.3. The third-order valence-corrected chi connectivity index (χ3v) is 5.91. The summed E-state index contributed by atoms with van der Waals surface area (Å²) in [5.41, 5.74) is 0.281. The van der Waals surface area contributed by atoms with Gasteiger partial charge in [-0.1, -0.05) is 17.7 Å². The fourth-order valence-electron chi connectivity index (χ4n) is 3.61. The zero-order chi connectivity index (χ0) is 24.2. The fraction of sp³-hybridized carbons (Fsp3) is 0.818. The zero-order valence-corrected chi connectivity index (χ0v) is 19.1. The molecule has 0 aromatic rings. The molecule has 2 fully saturated rings. The average molecular weight is 463 g/mol. The normalized spacial score (nSPS) is 42.2. The van der Waals surface area contributed by atoms with Crippen LogP contribution in [0.15, 0.2) is 24.3 Å². The SMILES string of the molecule is C=CC(C)(CCC=C(C)C)O[C@@H]1O[C@H](CO[C@@H]2O[C@@H](C)[C@H](O)[C@@H](O)[C@H]2O)[C@@H](O)[C@H](O)[C@H]1O. The van der Waals surface area contributed by atoms with E-state index in [1.165, 1.54) is 6.92 Å². The largest absolute Gasteiger partial charge is 0.388 e. The molecule has 0 bridgehead atoms. The van der Waals surface area contributed by atoms with Crippen molar-refractivity contribution in [3.05, 3.63) is 24.3 Å². The molecule has 1 unspecified atom stereocenters. The first-order valence-electron chi connectivity index (χ1n) is 10.9. The summed E-state index contributed by atoms with van der Waals surface area (Å²) in [4.78, 5) is 0. The van der Waals surface area contributed by atoms with Crippen LogP contribution in [0.1, 0.15) is 40.5 Å². The predicted octanol–water partition coefficient (Wildman–Crippen LogP) is -0.654. The van der Waals surface area contributed by atoms with Crippen LogP contribution in [-0.4, -0.2) is 104 Å². The van der Waals surface area contributed by atoms with Crippen molar-refractivity contribution in [1.29, 1.82) is 0 Å². The van der Waals surface area contributed by atoms with Crippen molar-refractivity contribution in [2.24, 2.45) is 0 Å². The van der Waals surface area contributed by atoms with Gasteiger partial charge >= 0.3 is 0 Å². The van der Waals surface area contributed by atoms with Crippen LogP contribution in [0.25, 0.3) is 0 Å². The van der Waals surface area contributed by atoms with Gasteiger partial charge in [-0.3, -0.25) is 0 Å². The van der Waals surface area contributed by atoms with E-state index >= 15 is 0 Å². The number of aliphatic hydroxyl groups excluding tert-OH is 6. The molecule has 0 aliphatic carbocycles. The number of hydrogen-bond donors (Lipinski definition) is 6. The lowest BCUT2D eigenvalue weighted by atomic mass is 9.96. The maximum atomic E-state index is 10.4. The minimum Gasteiger partial charge on any atom is -0.388 e. The predicted molar refractivity (Wildman–Crippen MR) is 113 cm³/mol. The van der Waals surface area contributed by atoms with Crippen LogP contribution in [0.3, 0.4) is 0 Å². The van der Waals surface area contributed by atoms with Gasteiger partial charge in [-0.05, 0) is 40.5 Å². The lowest BCUT2D eigenvalue weighted by molar-refractivity contribution is -0.338. The van der Waals surface area contributed by atoms with Gasteiger partial charge in [0.1, 0.15) is 42.7 Å². The van der Waals surface area contributed by atoms with Crippen LogP contribution >= 0.6 is 0 Å². The van der Waals surface area contributed by atoms with Crippen molar-refractivity contribution >= 4 is 0 Å². The van der Waals surface area contributed by atoms with Crippen molar-refractivity contribution in [3.8, 4) is 0 Å². The van der Waals surface area contributed by atoms with Crippen LogP contribution in [0, 0.1) is 0 Å². The van der Waals surface area contributed by atoms with Crippen molar-refractivity contribution in [2.45, 2.75) is 108 Å². The second kappa shape index (κ2) is 11.5. The molecule has 2 aliphatic heterocycles. The molecule has 0 aromatic carbocycles. The van der Waals surface area contributed by atoms with Gasteiger partial charge in [0.2, 0.25) is 0 Å². The quantitative estimate of drug-likeness (QED) is 0.243. The molecule has 0 spiro atoms.